The Morgan fingerprint density at radius 3 is 2.28 bits per heavy atom. The monoisotopic (exact) mass is 312 g/mol. The summed E-state index contributed by atoms with van der Waals surface area (Å²) in [6, 6.07) is 2.55. The molecule has 0 fully saturated rings. The minimum Gasteiger partial charge on any atom is -0.320 e. The fourth-order valence-corrected chi connectivity index (χ4v) is 3.76. The Bertz CT molecular complexity index is 716. The Hall–Kier alpha value is -0.720. The lowest BCUT2D eigenvalue weighted by Crippen LogP contribution is -2.27. The highest BCUT2D eigenvalue weighted by Gasteiger charge is 2.36. The summed E-state index contributed by atoms with van der Waals surface area (Å²) in [6.45, 7) is 0. The molecule has 0 aliphatic rings. The van der Waals surface area contributed by atoms with Crippen molar-refractivity contribution in [3.8, 4) is 0 Å². The van der Waals surface area contributed by atoms with Crippen LogP contribution in [0.5, 0.6) is 0 Å². The van der Waals surface area contributed by atoms with Gasteiger partial charge in [-0.2, -0.15) is 0 Å². The van der Waals surface area contributed by atoms with Gasteiger partial charge in [0.2, 0.25) is 0 Å². The number of hydrogen-bond acceptors (Lipinski definition) is 3. The molecule has 0 atom stereocenters. The van der Waals surface area contributed by atoms with E-state index in [4.69, 9.17) is 31.2 Å². The van der Waals surface area contributed by atoms with Crippen molar-refractivity contribution in [1.29, 1.82) is 0 Å². The first-order valence-electron chi connectivity index (χ1n) is 4.40. The first-order chi connectivity index (χ1) is 8.10. The molecule has 0 bridgehead atoms. The van der Waals surface area contributed by atoms with Crippen LogP contribution in [-0.2, 0) is 9.13 Å². The summed E-state index contributed by atoms with van der Waals surface area (Å²) < 4.78 is 23.4. The van der Waals surface area contributed by atoms with E-state index in [0.717, 1.165) is 4.40 Å². The summed E-state index contributed by atoms with van der Waals surface area (Å²) in [4.78, 5) is 40.0. The standard InChI is InChI=1S/C7H7ClN2O6P2/c8-4-1-2-10-5(3-4)9-6(17(11,12)13)7(10)18(14,15)16/h1-3H,(H2,11,12,13)(H2,14,15,16). The SMILES string of the molecule is O=P(O)(O)c1nc2cc(Cl)ccn2c1P(=O)(O)O. The van der Waals surface area contributed by atoms with E-state index >= 15 is 0 Å². The maximum Gasteiger partial charge on any atom is 0.377 e. The van der Waals surface area contributed by atoms with Crippen LogP contribution in [-0.4, -0.2) is 29.0 Å². The zero-order valence-electron chi connectivity index (χ0n) is 8.50. The highest BCUT2D eigenvalue weighted by molar-refractivity contribution is 7.66. The van der Waals surface area contributed by atoms with Crippen molar-refractivity contribution in [3.63, 3.8) is 0 Å². The molecule has 18 heavy (non-hydrogen) atoms. The molecule has 0 aliphatic heterocycles. The Kier molecular flexibility index (Phi) is 3.16. The predicted octanol–water partition coefficient (Wildman–Crippen LogP) is -0.406. The highest BCUT2D eigenvalue weighted by atomic mass is 35.5. The number of halogens is 1. The summed E-state index contributed by atoms with van der Waals surface area (Å²) in [5, 5.41) is 0.224. The second-order valence-electron chi connectivity index (χ2n) is 3.42. The molecule has 2 heterocycles. The molecule has 2 rings (SSSR count). The van der Waals surface area contributed by atoms with Gasteiger partial charge in [-0.15, -0.1) is 0 Å². The van der Waals surface area contributed by atoms with Crippen molar-refractivity contribution in [3.05, 3.63) is 23.4 Å². The van der Waals surface area contributed by atoms with E-state index in [1.165, 1.54) is 18.3 Å². The minimum absolute atomic E-state index is 0.0563. The summed E-state index contributed by atoms with van der Waals surface area (Å²) in [7, 11) is -9.81. The van der Waals surface area contributed by atoms with E-state index in [0.29, 0.717) is 0 Å². The average Bonchev–Trinajstić information content (AvgIpc) is 2.54. The maximum absolute atomic E-state index is 11.3. The van der Waals surface area contributed by atoms with E-state index in [1.807, 2.05) is 0 Å². The molecular weight excluding hydrogens is 305 g/mol. The molecule has 2 aromatic heterocycles. The largest absolute Gasteiger partial charge is 0.377 e. The second kappa shape index (κ2) is 4.15. The van der Waals surface area contributed by atoms with Crippen LogP contribution in [0.2, 0.25) is 5.02 Å². The van der Waals surface area contributed by atoms with Crippen molar-refractivity contribution < 1.29 is 28.7 Å². The zero-order valence-corrected chi connectivity index (χ0v) is 11.0. The van der Waals surface area contributed by atoms with E-state index in [-0.39, 0.29) is 10.7 Å². The zero-order chi connectivity index (χ0) is 13.7. The molecule has 0 saturated heterocycles. The van der Waals surface area contributed by atoms with Gasteiger partial charge in [-0.25, -0.2) is 4.98 Å². The van der Waals surface area contributed by atoms with Gasteiger partial charge in [0.25, 0.3) is 0 Å². The average molecular weight is 313 g/mol. The van der Waals surface area contributed by atoms with Gasteiger partial charge in [0.05, 0.1) is 0 Å². The normalized spacial score (nSPS) is 13.2. The number of imidazole rings is 1. The predicted molar refractivity (Wildman–Crippen MR) is 63.6 cm³/mol. The second-order valence-corrected chi connectivity index (χ2v) is 6.88. The number of fused-ring (bicyclic) bond motifs is 1. The van der Waals surface area contributed by atoms with Crippen LogP contribution in [0, 0.1) is 0 Å². The third-order valence-corrected chi connectivity index (χ3v) is 4.35. The molecule has 2 aromatic rings. The van der Waals surface area contributed by atoms with Crippen LogP contribution in [0.1, 0.15) is 0 Å². The van der Waals surface area contributed by atoms with E-state index in [2.05, 4.69) is 4.98 Å². The van der Waals surface area contributed by atoms with Gasteiger partial charge in [0.1, 0.15) is 5.65 Å². The molecule has 0 spiro atoms. The number of hydrogen-bond donors (Lipinski definition) is 4. The minimum atomic E-state index is -4.91. The van der Waals surface area contributed by atoms with Gasteiger partial charge < -0.3 is 19.6 Å². The van der Waals surface area contributed by atoms with E-state index in [1.54, 1.807) is 0 Å². The first kappa shape index (κ1) is 13.7. The summed E-state index contributed by atoms with van der Waals surface area (Å²) in [6.07, 6.45) is 1.18. The Morgan fingerprint density at radius 1 is 1.17 bits per heavy atom. The molecule has 11 heteroatoms. The van der Waals surface area contributed by atoms with Gasteiger partial charge in [-0.05, 0) is 6.07 Å². The Morgan fingerprint density at radius 2 is 1.78 bits per heavy atom. The third-order valence-electron chi connectivity index (χ3n) is 2.10. The number of pyridine rings is 1. The topological polar surface area (TPSA) is 132 Å². The lowest BCUT2D eigenvalue weighted by molar-refractivity contribution is 0.380. The summed E-state index contributed by atoms with van der Waals surface area (Å²) in [5.74, 6) is 0. The van der Waals surface area contributed by atoms with E-state index < -0.39 is 26.1 Å². The molecule has 0 radical (unpaired) electrons. The highest BCUT2D eigenvalue weighted by Crippen LogP contribution is 2.40. The van der Waals surface area contributed by atoms with Crippen molar-refractivity contribution >= 4 is 43.3 Å². The Labute approximate surface area is 105 Å². The van der Waals surface area contributed by atoms with Gasteiger partial charge >= 0.3 is 15.2 Å². The van der Waals surface area contributed by atoms with Crippen LogP contribution in [0.4, 0.5) is 0 Å². The smallest absolute Gasteiger partial charge is 0.320 e. The molecular formula is C7H7ClN2O6P2. The molecule has 0 aromatic carbocycles. The first-order valence-corrected chi connectivity index (χ1v) is 8.01. The summed E-state index contributed by atoms with van der Waals surface area (Å²) in [5.41, 5.74) is -1.83. The summed E-state index contributed by atoms with van der Waals surface area (Å²) >= 11 is 5.67. The number of rotatable bonds is 2. The lowest BCUT2D eigenvalue weighted by Gasteiger charge is -2.07. The quantitative estimate of drug-likeness (QED) is 0.554. The molecule has 0 aliphatic carbocycles. The number of aromatic nitrogens is 2. The third kappa shape index (κ3) is 2.37. The van der Waals surface area contributed by atoms with Crippen molar-refractivity contribution in [1.82, 2.24) is 9.38 Å². The van der Waals surface area contributed by atoms with Crippen molar-refractivity contribution in [2.75, 3.05) is 0 Å². The van der Waals surface area contributed by atoms with Crippen LogP contribution in [0.3, 0.4) is 0 Å². The van der Waals surface area contributed by atoms with Gasteiger partial charge in [0, 0.05) is 17.3 Å². The van der Waals surface area contributed by atoms with Gasteiger partial charge in [-0.3, -0.25) is 13.5 Å². The lowest BCUT2D eigenvalue weighted by atomic mass is 10.5. The fraction of sp³-hybridized carbons (Fsp3) is 0. The molecule has 8 nitrogen and oxygen atoms in total. The van der Waals surface area contributed by atoms with Crippen LogP contribution < -0.4 is 10.9 Å². The maximum atomic E-state index is 11.3. The molecule has 0 amide bonds. The van der Waals surface area contributed by atoms with E-state index in [9.17, 15) is 9.13 Å². The van der Waals surface area contributed by atoms with Crippen molar-refractivity contribution in [2.45, 2.75) is 0 Å². The van der Waals surface area contributed by atoms with Crippen LogP contribution in [0.25, 0.3) is 5.65 Å². The Balaban J connectivity index is 2.95. The fourth-order valence-electron chi connectivity index (χ4n) is 1.46. The molecule has 0 unspecified atom stereocenters. The molecule has 98 valence electrons. The molecule has 0 saturated carbocycles. The van der Waals surface area contributed by atoms with Gasteiger partial charge in [-0.1, -0.05) is 11.6 Å². The van der Waals surface area contributed by atoms with Crippen molar-refractivity contribution in [2.24, 2.45) is 0 Å². The van der Waals surface area contributed by atoms with Crippen LogP contribution in [0.15, 0.2) is 18.3 Å². The van der Waals surface area contributed by atoms with Gasteiger partial charge in [0.15, 0.2) is 10.9 Å². The van der Waals surface area contributed by atoms with Crippen LogP contribution >= 0.6 is 26.8 Å². The molecule has 4 N–H and O–H groups in total. The number of nitrogens with zero attached hydrogens (tertiary/aromatic N) is 2.